The molecule has 3 rings (SSSR count). The van der Waals surface area contributed by atoms with Crippen LogP contribution in [0.1, 0.15) is 69.3 Å². The molecule has 0 aromatic carbocycles. The van der Waals surface area contributed by atoms with Crippen molar-refractivity contribution in [1.29, 1.82) is 0 Å². The van der Waals surface area contributed by atoms with E-state index in [-0.39, 0.29) is 12.3 Å². The molecule has 36 heavy (non-hydrogen) atoms. The number of aromatic nitrogens is 3. The van der Waals surface area contributed by atoms with Crippen molar-refractivity contribution in [2.45, 2.75) is 82.4 Å². The van der Waals surface area contributed by atoms with Crippen LogP contribution in [0, 0.1) is 13.8 Å². The van der Waals surface area contributed by atoms with Crippen LogP contribution in [0.25, 0.3) is 0 Å². The number of nitrogens with one attached hydrogen (secondary N) is 1. The predicted octanol–water partition coefficient (Wildman–Crippen LogP) is 5.35. The Morgan fingerprint density at radius 1 is 1.19 bits per heavy atom. The zero-order valence-corrected chi connectivity index (χ0v) is 23.5. The van der Waals surface area contributed by atoms with Gasteiger partial charge in [0.15, 0.2) is 11.5 Å². The summed E-state index contributed by atoms with van der Waals surface area (Å²) in [4.78, 5) is 41.7. The zero-order chi connectivity index (χ0) is 26.7. The molecule has 0 bridgehead atoms. The van der Waals surface area contributed by atoms with Gasteiger partial charge in [0, 0.05) is 29.7 Å². The number of esters is 1. The van der Waals surface area contributed by atoms with E-state index in [0.29, 0.717) is 53.2 Å². The molecule has 1 fully saturated rings. The maximum Gasteiger partial charge on any atom is 0.408 e. The van der Waals surface area contributed by atoms with Gasteiger partial charge in [-0.2, -0.15) is 0 Å². The van der Waals surface area contributed by atoms with Gasteiger partial charge in [-0.1, -0.05) is 23.4 Å². The highest BCUT2D eigenvalue weighted by atomic mass is 35.5. The molecule has 0 radical (unpaired) electrons. The van der Waals surface area contributed by atoms with Gasteiger partial charge in [-0.25, -0.2) is 19.6 Å². The van der Waals surface area contributed by atoms with Crippen LogP contribution < -0.4 is 10.2 Å². The Morgan fingerprint density at radius 3 is 2.47 bits per heavy atom. The number of piperidine rings is 1. The minimum atomic E-state index is -0.568. The molecule has 0 aliphatic carbocycles. The Kier molecular flexibility index (Phi) is 8.71. The summed E-state index contributed by atoms with van der Waals surface area (Å²) in [5.41, 5.74) is 0.550. The molecule has 2 aromatic heterocycles. The number of halogens is 1. The average molecular weight is 536 g/mol. The van der Waals surface area contributed by atoms with Crippen LogP contribution >= 0.6 is 23.4 Å². The molecule has 1 amide bonds. The van der Waals surface area contributed by atoms with E-state index in [1.807, 2.05) is 52.5 Å². The summed E-state index contributed by atoms with van der Waals surface area (Å²) >= 11 is 7.77. The molecule has 1 aliphatic heterocycles. The maximum atomic E-state index is 12.9. The first-order chi connectivity index (χ1) is 16.8. The van der Waals surface area contributed by atoms with Crippen molar-refractivity contribution < 1.29 is 19.1 Å². The smallest absolute Gasteiger partial charge is 0.408 e. The van der Waals surface area contributed by atoms with Gasteiger partial charge in [-0.05, 0) is 67.4 Å². The van der Waals surface area contributed by atoms with Gasteiger partial charge < -0.3 is 19.7 Å². The molecule has 3 heterocycles. The molecular formula is C25H34ClN5O4S. The van der Waals surface area contributed by atoms with Crippen molar-refractivity contribution in [2.24, 2.45) is 0 Å². The Bertz CT molecular complexity index is 1130. The van der Waals surface area contributed by atoms with Crippen LogP contribution in [-0.2, 0) is 9.47 Å². The SMILES string of the molecule is CCOC(=O)c1nc(Sc2ccnc(C)c2Cl)c(C)nc1N1CCC(C)(NC(=O)OC(C)(C)C)CC1. The second-order valence-corrected chi connectivity index (χ2v) is 11.4. The standard InChI is InChI=1S/C25H34ClN5O4S/c1-8-34-22(32)19-20(28-16(3)21(29-19)36-17-9-12-27-15(2)18(17)26)31-13-10-25(7,11-14-31)30-23(33)35-24(4,5)6/h9,12H,8,10-11,13-14H2,1-7H3,(H,30,33). The number of pyridine rings is 1. The molecule has 0 spiro atoms. The molecule has 1 saturated heterocycles. The number of hydrogen-bond acceptors (Lipinski definition) is 9. The molecule has 1 aliphatic rings. The molecule has 0 saturated carbocycles. The lowest BCUT2D eigenvalue weighted by Crippen LogP contribution is -2.54. The molecule has 9 nitrogen and oxygen atoms in total. The minimum absolute atomic E-state index is 0.163. The van der Waals surface area contributed by atoms with Gasteiger partial charge in [0.1, 0.15) is 10.6 Å². The van der Waals surface area contributed by atoms with E-state index >= 15 is 0 Å². The molecule has 0 atom stereocenters. The van der Waals surface area contributed by atoms with Crippen molar-refractivity contribution in [3.05, 3.63) is 34.4 Å². The first-order valence-electron chi connectivity index (χ1n) is 11.9. The first-order valence-corrected chi connectivity index (χ1v) is 13.1. The van der Waals surface area contributed by atoms with Gasteiger partial charge in [0.25, 0.3) is 0 Å². The van der Waals surface area contributed by atoms with Gasteiger partial charge in [-0.3, -0.25) is 4.98 Å². The number of nitrogens with zero attached hydrogens (tertiary/aromatic N) is 4. The average Bonchev–Trinajstić information content (AvgIpc) is 2.77. The number of amides is 1. The van der Waals surface area contributed by atoms with Crippen molar-refractivity contribution in [2.75, 3.05) is 24.6 Å². The summed E-state index contributed by atoms with van der Waals surface area (Å²) in [6.45, 7) is 14.3. The summed E-state index contributed by atoms with van der Waals surface area (Å²) in [5.74, 6) is -0.0503. The van der Waals surface area contributed by atoms with Crippen LogP contribution in [-0.4, -0.2) is 57.9 Å². The lowest BCUT2D eigenvalue weighted by molar-refractivity contribution is 0.0447. The Labute approximate surface area is 221 Å². The van der Waals surface area contributed by atoms with E-state index < -0.39 is 23.2 Å². The van der Waals surface area contributed by atoms with E-state index in [9.17, 15) is 9.59 Å². The number of ether oxygens (including phenoxy) is 2. The molecule has 11 heteroatoms. The lowest BCUT2D eigenvalue weighted by atomic mass is 9.89. The fourth-order valence-corrected chi connectivity index (χ4v) is 4.87. The zero-order valence-electron chi connectivity index (χ0n) is 21.9. The topological polar surface area (TPSA) is 107 Å². The Balaban J connectivity index is 1.84. The second-order valence-electron chi connectivity index (χ2n) is 9.99. The summed E-state index contributed by atoms with van der Waals surface area (Å²) < 4.78 is 10.7. The predicted molar refractivity (Wildman–Crippen MR) is 140 cm³/mol. The highest BCUT2D eigenvalue weighted by molar-refractivity contribution is 7.99. The minimum Gasteiger partial charge on any atom is -0.461 e. The highest BCUT2D eigenvalue weighted by Gasteiger charge is 2.35. The van der Waals surface area contributed by atoms with Gasteiger partial charge in [0.05, 0.1) is 23.0 Å². The third kappa shape index (κ3) is 7.00. The first kappa shape index (κ1) is 28.0. The quantitative estimate of drug-likeness (QED) is 0.489. The van der Waals surface area contributed by atoms with E-state index in [2.05, 4.69) is 15.3 Å². The largest absolute Gasteiger partial charge is 0.461 e. The number of aryl methyl sites for hydroxylation is 2. The number of rotatable bonds is 6. The molecular weight excluding hydrogens is 502 g/mol. The third-order valence-corrected chi connectivity index (χ3v) is 7.41. The number of anilines is 1. The Morgan fingerprint density at radius 2 is 1.86 bits per heavy atom. The van der Waals surface area contributed by atoms with Crippen molar-refractivity contribution in [3.63, 3.8) is 0 Å². The molecule has 0 unspecified atom stereocenters. The highest BCUT2D eigenvalue weighted by Crippen LogP contribution is 2.36. The number of carbonyl (C=O) groups excluding carboxylic acids is 2. The lowest BCUT2D eigenvalue weighted by Gasteiger charge is -2.40. The van der Waals surface area contributed by atoms with Crippen molar-refractivity contribution >= 4 is 41.2 Å². The van der Waals surface area contributed by atoms with Crippen molar-refractivity contribution in [3.8, 4) is 0 Å². The number of hydrogen-bond donors (Lipinski definition) is 1. The molecule has 196 valence electrons. The fourth-order valence-electron chi connectivity index (χ4n) is 3.74. The summed E-state index contributed by atoms with van der Waals surface area (Å²) in [6, 6.07) is 1.81. The van der Waals surface area contributed by atoms with E-state index in [0.717, 1.165) is 4.90 Å². The van der Waals surface area contributed by atoms with Crippen LogP contribution in [0.2, 0.25) is 5.02 Å². The summed E-state index contributed by atoms with van der Waals surface area (Å²) in [7, 11) is 0. The third-order valence-electron chi connectivity index (χ3n) is 5.68. The Hall–Kier alpha value is -2.59. The molecule has 1 N–H and O–H groups in total. The normalized spacial score (nSPS) is 15.4. The van der Waals surface area contributed by atoms with Gasteiger partial charge in [-0.15, -0.1) is 0 Å². The van der Waals surface area contributed by atoms with E-state index in [4.69, 9.17) is 26.1 Å². The summed E-state index contributed by atoms with van der Waals surface area (Å²) in [6.07, 6.45) is 2.55. The van der Waals surface area contributed by atoms with Crippen LogP contribution in [0.15, 0.2) is 22.2 Å². The number of alkyl carbamates (subject to hydrolysis) is 1. The van der Waals surface area contributed by atoms with Crippen LogP contribution in [0.5, 0.6) is 0 Å². The van der Waals surface area contributed by atoms with Gasteiger partial charge >= 0.3 is 12.1 Å². The monoisotopic (exact) mass is 535 g/mol. The van der Waals surface area contributed by atoms with Crippen LogP contribution in [0.4, 0.5) is 10.6 Å². The number of carbonyl (C=O) groups is 2. The fraction of sp³-hybridized carbons (Fsp3) is 0.560. The maximum absolute atomic E-state index is 12.9. The second kappa shape index (κ2) is 11.2. The van der Waals surface area contributed by atoms with E-state index in [1.54, 1.807) is 13.1 Å². The van der Waals surface area contributed by atoms with Crippen LogP contribution in [0.3, 0.4) is 0 Å². The summed E-state index contributed by atoms with van der Waals surface area (Å²) in [5, 5.41) is 4.11. The molecule has 2 aromatic rings. The van der Waals surface area contributed by atoms with Gasteiger partial charge in [0.2, 0.25) is 0 Å². The van der Waals surface area contributed by atoms with E-state index in [1.165, 1.54) is 11.8 Å². The van der Waals surface area contributed by atoms with Crippen molar-refractivity contribution in [1.82, 2.24) is 20.3 Å².